The Morgan fingerprint density at radius 2 is 1.97 bits per heavy atom. The zero-order chi connectivity index (χ0) is 20.0. The number of likely N-dealkylation sites (tertiary alicyclic amines) is 1. The highest BCUT2D eigenvalue weighted by Crippen LogP contribution is 2.37. The first-order chi connectivity index (χ1) is 14.1. The molecule has 29 heavy (non-hydrogen) atoms. The van der Waals surface area contributed by atoms with Crippen molar-refractivity contribution in [1.29, 1.82) is 0 Å². The molecule has 154 valence electrons. The van der Waals surface area contributed by atoms with Crippen LogP contribution in [0.15, 0.2) is 12.4 Å². The number of nitrogens with zero attached hydrogens (tertiary/aromatic N) is 6. The van der Waals surface area contributed by atoms with Crippen molar-refractivity contribution in [3.63, 3.8) is 0 Å². The first kappa shape index (κ1) is 19.0. The molecule has 3 aromatic heterocycles. The van der Waals surface area contributed by atoms with Gasteiger partial charge in [-0.1, -0.05) is 0 Å². The smallest absolute Gasteiger partial charge is 0.146 e. The summed E-state index contributed by atoms with van der Waals surface area (Å²) in [4.78, 5) is 17.6. The Kier molecular flexibility index (Phi) is 5.04. The molecule has 7 heteroatoms. The SMILES string of the molecule is Cc1sc2nc(CN3CCCC3)nc(N3CCC(Cc4cnn(C)c4)C3)c2c1C. The molecule has 2 saturated heterocycles. The van der Waals surface area contributed by atoms with E-state index in [0.717, 1.165) is 36.7 Å². The molecule has 1 unspecified atom stereocenters. The average Bonchev–Trinajstić information content (AvgIpc) is 3.47. The standard InChI is InChI=1S/C22H30N6S/c1-15-16(2)29-22-20(15)21(24-19(25-22)14-27-7-4-5-8-27)28-9-6-17(13-28)10-18-11-23-26(3)12-18/h11-12,17H,4-10,13-14H2,1-3H3. The second-order valence-corrected chi connectivity index (χ2v) is 9.94. The van der Waals surface area contributed by atoms with Crippen LogP contribution >= 0.6 is 11.3 Å². The van der Waals surface area contributed by atoms with Gasteiger partial charge >= 0.3 is 0 Å². The highest BCUT2D eigenvalue weighted by molar-refractivity contribution is 7.18. The summed E-state index contributed by atoms with van der Waals surface area (Å²) in [6, 6.07) is 0. The first-order valence-corrected chi connectivity index (χ1v) is 11.6. The number of aromatic nitrogens is 4. The van der Waals surface area contributed by atoms with Gasteiger partial charge in [0.1, 0.15) is 16.5 Å². The summed E-state index contributed by atoms with van der Waals surface area (Å²) in [5.41, 5.74) is 2.69. The molecule has 0 aliphatic carbocycles. The summed E-state index contributed by atoms with van der Waals surface area (Å²) in [6.07, 6.45) is 9.06. The summed E-state index contributed by atoms with van der Waals surface area (Å²) in [7, 11) is 1.99. The minimum Gasteiger partial charge on any atom is -0.356 e. The molecule has 5 rings (SSSR count). The summed E-state index contributed by atoms with van der Waals surface area (Å²) >= 11 is 1.82. The molecule has 0 radical (unpaired) electrons. The van der Waals surface area contributed by atoms with Crippen LogP contribution in [0.3, 0.4) is 0 Å². The van der Waals surface area contributed by atoms with Crippen molar-refractivity contribution in [3.05, 3.63) is 34.2 Å². The van der Waals surface area contributed by atoms with Crippen LogP contribution in [0.25, 0.3) is 10.2 Å². The van der Waals surface area contributed by atoms with Gasteiger partial charge < -0.3 is 4.90 Å². The zero-order valence-electron chi connectivity index (χ0n) is 17.7. The molecule has 0 saturated carbocycles. The minimum absolute atomic E-state index is 0.659. The predicted octanol–water partition coefficient (Wildman–Crippen LogP) is 3.71. The van der Waals surface area contributed by atoms with Crippen LogP contribution < -0.4 is 4.90 Å². The average molecular weight is 411 g/mol. The van der Waals surface area contributed by atoms with E-state index >= 15 is 0 Å². The number of rotatable bonds is 5. The lowest BCUT2D eigenvalue weighted by atomic mass is 10.0. The van der Waals surface area contributed by atoms with Crippen LogP contribution in [0.5, 0.6) is 0 Å². The van der Waals surface area contributed by atoms with E-state index < -0.39 is 0 Å². The predicted molar refractivity (Wildman–Crippen MR) is 119 cm³/mol. The van der Waals surface area contributed by atoms with Gasteiger partial charge in [0.2, 0.25) is 0 Å². The maximum atomic E-state index is 5.13. The van der Waals surface area contributed by atoms with Crippen molar-refractivity contribution in [2.75, 3.05) is 31.1 Å². The largest absolute Gasteiger partial charge is 0.356 e. The van der Waals surface area contributed by atoms with Crippen molar-refractivity contribution < 1.29 is 0 Å². The van der Waals surface area contributed by atoms with Gasteiger partial charge in [0.15, 0.2) is 0 Å². The third kappa shape index (κ3) is 3.78. The Bertz CT molecular complexity index is 1020. The Labute approximate surface area is 176 Å². The van der Waals surface area contributed by atoms with Gasteiger partial charge in [-0.2, -0.15) is 5.10 Å². The van der Waals surface area contributed by atoms with Crippen molar-refractivity contribution in [2.24, 2.45) is 13.0 Å². The molecular formula is C22H30N6S. The van der Waals surface area contributed by atoms with Gasteiger partial charge in [0.25, 0.3) is 0 Å². The molecular weight excluding hydrogens is 380 g/mol. The molecule has 5 heterocycles. The maximum absolute atomic E-state index is 5.13. The van der Waals surface area contributed by atoms with E-state index in [2.05, 4.69) is 34.9 Å². The van der Waals surface area contributed by atoms with Crippen LogP contribution in [-0.2, 0) is 20.0 Å². The third-order valence-electron chi connectivity index (χ3n) is 6.49. The minimum atomic E-state index is 0.659. The van der Waals surface area contributed by atoms with Crippen LogP contribution in [0.1, 0.15) is 41.1 Å². The molecule has 0 bridgehead atoms. The van der Waals surface area contributed by atoms with Crippen molar-refractivity contribution in [3.8, 4) is 0 Å². The number of aryl methyl sites for hydroxylation is 3. The van der Waals surface area contributed by atoms with Crippen molar-refractivity contribution in [2.45, 2.75) is 46.1 Å². The lowest BCUT2D eigenvalue weighted by molar-refractivity contribution is 0.323. The first-order valence-electron chi connectivity index (χ1n) is 10.8. The van der Waals surface area contributed by atoms with E-state index in [9.17, 15) is 0 Å². The van der Waals surface area contributed by atoms with Gasteiger partial charge in [0.05, 0.1) is 18.1 Å². The normalized spacial score (nSPS) is 20.4. The number of thiophene rings is 1. The fourth-order valence-electron chi connectivity index (χ4n) is 4.81. The van der Waals surface area contributed by atoms with E-state index in [1.807, 2.05) is 29.3 Å². The van der Waals surface area contributed by atoms with Gasteiger partial charge in [-0.05, 0) is 69.7 Å². The molecule has 0 spiro atoms. The fourth-order valence-corrected chi connectivity index (χ4v) is 5.86. The second kappa shape index (κ2) is 7.69. The molecule has 3 aromatic rings. The number of anilines is 1. The van der Waals surface area contributed by atoms with Crippen molar-refractivity contribution in [1.82, 2.24) is 24.6 Å². The third-order valence-corrected chi connectivity index (χ3v) is 7.59. The highest BCUT2D eigenvalue weighted by Gasteiger charge is 2.28. The quantitative estimate of drug-likeness (QED) is 0.642. The number of hydrogen-bond donors (Lipinski definition) is 0. The molecule has 2 fully saturated rings. The molecule has 0 aromatic carbocycles. The molecule has 6 nitrogen and oxygen atoms in total. The molecule has 0 amide bonds. The Morgan fingerprint density at radius 1 is 1.14 bits per heavy atom. The van der Waals surface area contributed by atoms with Crippen LogP contribution in [0, 0.1) is 19.8 Å². The van der Waals surface area contributed by atoms with Crippen LogP contribution in [-0.4, -0.2) is 50.8 Å². The zero-order valence-corrected chi connectivity index (χ0v) is 18.5. The Balaban J connectivity index is 1.43. The van der Waals surface area contributed by atoms with Gasteiger partial charge in [-0.3, -0.25) is 9.58 Å². The maximum Gasteiger partial charge on any atom is 0.146 e. The summed E-state index contributed by atoms with van der Waals surface area (Å²) in [5.74, 6) is 2.82. The summed E-state index contributed by atoms with van der Waals surface area (Å²) in [6.45, 7) is 9.82. The number of fused-ring (bicyclic) bond motifs is 1. The highest BCUT2D eigenvalue weighted by atomic mass is 32.1. The van der Waals surface area contributed by atoms with Crippen molar-refractivity contribution >= 4 is 27.4 Å². The summed E-state index contributed by atoms with van der Waals surface area (Å²) in [5, 5.41) is 5.61. The van der Waals surface area contributed by atoms with E-state index in [4.69, 9.17) is 9.97 Å². The molecule has 1 atom stereocenters. The van der Waals surface area contributed by atoms with Crippen LogP contribution in [0.2, 0.25) is 0 Å². The number of hydrogen-bond acceptors (Lipinski definition) is 6. The monoisotopic (exact) mass is 410 g/mol. The van der Waals surface area contributed by atoms with Gasteiger partial charge in [0, 0.05) is 31.2 Å². The summed E-state index contributed by atoms with van der Waals surface area (Å²) < 4.78 is 1.90. The second-order valence-electron chi connectivity index (χ2n) is 8.74. The van der Waals surface area contributed by atoms with E-state index in [1.165, 1.54) is 59.6 Å². The Hall–Kier alpha value is -1.99. The van der Waals surface area contributed by atoms with E-state index in [0.29, 0.717) is 5.92 Å². The van der Waals surface area contributed by atoms with E-state index in [-0.39, 0.29) is 0 Å². The molecule has 2 aliphatic heterocycles. The molecule has 2 aliphatic rings. The Morgan fingerprint density at radius 3 is 2.72 bits per heavy atom. The van der Waals surface area contributed by atoms with Gasteiger partial charge in [-0.25, -0.2) is 9.97 Å². The molecule has 0 N–H and O–H groups in total. The topological polar surface area (TPSA) is 50.1 Å². The van der Waals surface area contributed by atoms with Gasteiger partial charge in [-0.15, -0.1) is 11.3 Å². The van der Waals surface area contributed by atoms with Crippen LogP contribution in [0.4, 0.5) is 5.82 Å². The van der Waals surface area contributed by atoms with E-state index in [1.54, 1.807) is 0 Å². The lowest BCUT2D eigenvalue weighted by Gasteiger charge is -2.21. The lowest BCUT2D eigenvalue weighted by Crippen LogP contribution is -2.24. The fraction of sp³-hybridized carbons (Fsp3) is 0.591.